The van der Waals surface area contributed by atoms with Crippen LogP contribution in [0.1, 0.15) is 41.5 Å². The molecule has 0 atom stereocenters. The number of amides is 2. The topological polar surface area (TPSA) is 72.2 Å². The van der Waals surface area contributed by atoms with Crippen molar-refractivity contribution in [1.82, 2.24) is 5.32 Å². The van der Waals surface area contributed by atoms with Gasteiger partial charge in [0.15, 0.2) is 0 Å². The Kier molecular flexibility index (Phi) is 7.29. The van der Waals surface area contributed by atoms with E-state index >= 15 is 0 Å². The summed E-state index contributed by atoms with van der Waals surface area (Å²) in [6, 6.07) is 0. The van der Waals surface area contributed by atoms with Crippen molar-refractivity contribution in [1.29, 1.82) is 0 Å². The Bertz CT molecular complexity index is 329. The van der Waals surface area contributed by atoms with Crippen LogP contribution in [0.2, 0.25) is 0 Å². The molecule has 0 aliphatic rings. The van der Waals surface area contributed by atoms with Gasteiger partial charge in [-0.3, -0.25) is 9.59 Å². The number of hydrogen-bond donors (Lipinski definition) is 2. The molecule has 0 aromatic rings. The molecule has 0 heterocycles. The summed E-state index contributed by atoms with van der Waals surface area (Å²) in [5.41, 5.74) is 5.12. The second-order valence-corrected chi connectivity index (χ2v) is 6.04. The fourth-order valence-corrected chi connectivity index (χ4v) is 0.790. The summed E-state index contributed by atoms with van der Waals surface area (Å²) < 4.78 is 0. The number of carbonyl (C=O) groups is 2. The average Bonchev–Trinajstić information content (AvgIpc) is 2.13. The number of rotatable bonds is 2. The first-order valence-electron chi connectivity index (χ1n) is 5.75. The Labute approximate surface area is 110 Å². The summed E-state index contributed by atoms with van der Waals surface area (Å²) in [5.74, 6) is -0.537. The monoisotopic (exact) mass is 254 g/mol. The van der Waals surface area contributed by atoms with Crippen molar-refractivity contribution < 1.29 is 9.59 Å². The van der Waals surface area contributed by atoms with Crippen LogP contribution in [0.25, 0.3) is 0 Å². The van der Waals surface area contributed by atoms with Crippen LogP contribution in [-0.2, 0) is 9.59 Å². The zero-order valence-corrected chi connectivity index (χ0v) is 12.4. The minimum atomic E-state index is -0.414. The fraction of sp³-hybridized carbons (Fsp3) is 0.571. The third-order valence-electron chi connectivity index (χ3n) is 1.89. The molecule has 0 aromatic heterocycles. The molecule has 0 radical (unpaired) electrons. The van der Waals surface area contributed by atoms with Crippen LogP contribution in [-0.4, -0.2) is 17.4 Å². The van der Waals surface area contributed by atoms with Gasteiger partial charge in [-0.1, -0.05) is 33.9 Å². The third kappa shape index (κ3) is 10.9. The van der Waals surface area contributed by atoms with Crippen molar-refractivity contribution >= 4 is 11.8 Å². The van der Waals surface area contributed by atoms with Gasteiger partial charge >= 0.3 is 0 Å². The van der Waals surface area contributed by atoms with Crippen molar-refractivity contribution in [3.05, 3.63) is 24.8 Å². The molecule has 104 valence electrons. The van der Waals surface area contributed by atoms with E-state index in [0.717, 1.165) is 0 Å². The number of primary amides is 1. The van der Waals surface area contributed by atoms with E-state index in [2.05, 4.69) is 18.5 Å². The van der Waals surface area contributed by atoms with Crippen LogP contribution in [0.5, 0.6) is 0 Å². The van der Waals surface area contributed by atoms with Crippen molar-refractivity contribution in [2.45, 2.75) is 47.1 Å². The van der Waals surface area contributed by atoms with Gasteiger partial charge in [0, 0.05) is 11.1 Å². The quantitative estimate of drug-likeness (QED) is 0.741. The lowest BCUT2D eigenvalue weighted by molar-refractivity contribution is -0.118. The molecule has 3 N–H and O–H groups in total. The van der Waals surface area contributed by atoms with E-state index in [1.54, 1.807) is 0 Å². The Balaban J connectivity index is 0. The Morgan fingerprint density at radius 3 is 1.56 bits per heavy atom. The van der Waals surface area contributed by atoms with Gasteiger partial charge < -0.3 is 11.1 Å². The van der Waals surface area contributed by atoms with E-state index in [-0.39, 0.29) is 16.9 Å². The van der Waals surface area contributed by atoms with Crippen LogP contribution in [0, 0.1) is 5.41 Å². The standard InChI is InChI=1S/2C7H13NO/c1-5-6(9)8-7(2,3)4;1-5(6(8)9)7(2,3)4/h5H,1H2,2-4H3,(H,8,9);1H2,2-4H3,(H2,8,9). The SMILES string of the molecule is C=C(C(N)=O)C(C)(C)C.C=CC(=O)NC(C)(C)C. The molecule has 2 amide bonds. The van der Waals surface area contributed by atoms with Gasteiger partial charge in [0.25, 0.3) is 0 Å². The van der Waals surface area contributed by atoms with Crippen LogP contribution in [0.15, 0.2) is 24.8 Å². The first-order chi connectivity index (χ1) is 7.81. The van der Waals surface area contributed by atoms with E-state index in [4.69, 9.17) is 5.73 Å². The largest absolute Gasteiger partial charge is 0.366 e. The average molecular weight is 254 g/mol. The molecule has 0 aliphatic carbocycles. The van der Waals surface area contributed by atoms with Gasteiger partial charge in [0.1, 0.15) is 0 Å². The van der Waals surface area contributed by atoms with Crippen molar-refractivity contribution in [2.75, 3.05) is 0 Å². The Morgan fingerprint density at radius 1 is 1.11 bits per heavy atom. The molecule has 0 fully saturated rings. The van der Waals surface area contributed by atoms with Gasteiger partial charge in [-0.25, -0.2) is 0 Å². The molecule has 0 saturated heterocycles. The Morgan fingerprint density at radius 2 is 1.50 bits per heavy atom. The number of hydrogen-bond acceptors (Lipinski definition) is 2. The van der Waals surface area contributed by atoms with Crippen molar-refractivity contribution in [3.8, 4) is 0 Å². The highest BCUT2D eigenvalue weighted by Crippen LogP contribution is 2.22. The summed E-state index contributed by atoms with van der Waals surface area (Å²) in [7, 11) is 0. The summed E-state index contributed by atoms with van der Waals surface area (Å²) >= 11 is 0. The maximum atomic E-state index is 10.6. The second kappa shape index (κ2) is 6.99. The Hall–Kier alpha value is -1.58. The maximum Gasteiger partial charge on any atom is 0.244 e. The summed E-state index contributed by atoms with van der Waals surface area (Å²) in [6.45, 7) is 18.4. The molecule has 0 saturated carbocycles. The second-order valence-electron chi connectivity index (χ2n) is 6.04. The minimum absolute atomic E-state index is 0.123. The third-order valence-corrected chi connectivity index (χ3v) is 1.89. The summed E-state index contributed by atoms with van der Waals surface area (Å²) in [6.07, 6.45) is 1.27. The lowest BCUT2D eigenvalue weighted by Gasteiger charge is -2.18. The van der Waals surface area contributed by atoms with Crippen LogP contribution < -0.4 is 11.1 Å². The lowest BCUT2D eigenvalue weighted by atomic mass is 9.87. The van der Waals surface area contributed by atoms with Gasteiger partial charge in [-0.2, -0.15) is 0 Å². The fourth-order valence-electron chi connectivity index (χ4n) is 0.790. The number of nitrogens with two attached hydrogens (primary N) is 1. The minimum Gasteiger partial charge on any atom is -0.366 e. The summed E-state index contributed by atoms with van der Waals surface area (Å²) in [4.78, 5) is 21.1. The molecule has 4 heteroatoms. The van der Waals surface area contributed by atoms with E-state index in [1.807, 2.05) is 41.5 Å². The highest BCUT2D eigenvalue weighted by Gasteiger charge is 2.18. The molecule has 4 nitrogen and oxygen atoms in total. The predicted octanol–water partition coefficient (Wildman–Crippen LogP) is 2.16. The van der Waals surface area contributed by atoms with E-state index < -0.39 is 5.91 Å². The first-order valence-corrected chi connectivity index (χ1v) is 5.75. The predicted molar refractivity (Wildman–Crippen MR) is 75.9 cm³/mol. The van der Waals surface area contributed by atoms with E-state index in [9.17, 15) is 9.59 Å². The number of nitrogens with one attached hydrogen (secondary N) is 1. The van der Waals surface area contributed by atoms with Crippen LogP contribution >= 0.6 is 0 Å². The molecule has 0 bridgehead atoms. The van der Waals surface area contributed by atoms with Crippen LogP contribution in [0.4, 0.5) is 0 Å². The van der Waals surface area contributed by atoms with E-state index in [0.29, 0.717) is 5.57 Å². The highest BCUT2D eigenvalue weighted by atomic mass is 16.1. The van der Waals surface area contributed by atoms with Gasteiger partial charge in [-0.15, -0.1) is 0 Å². The molecule has 0 spiro atoms. The number of carbonyl (C=O) groups excluding carboxylic acids is 2. The van der Waals surface area contributed by atoms with Crippen LogP contribution in [0.3, 0.4) is 0 Å². The molecule has 0 unspecified atom stereocenters. The van der Waals surface area contributed by atoms with E-state index in [1.165, 1.54) is 6.08 Å². The van der Waals surface area contributed by atoms with Crippen molar-refractivity contribution in [3.63, 3.8) is 0 Å². The maximum absolute atomic E-state index is 10.6. The zero-order valence-electron chi connectivity index (χ0n) is 12.4. The normalized spacial score (nSPS) is 10.8. The first kappa shape index (κ1) is 18.8. The van der Waals surface area contributed by atoms with Gasteiger partial charge in [0.05, 0.1) is 0 Å². The molecule has 0 aliphatic heterocycles. The van der Waals surface area contributed by atoms with Crippen molar-refractivity contribution in [2.24, 2.45) is 11.1 Å². The smallest absolute Gasteiger partial charge is 0.244 e. The summed E-state index contributed by atoms with van der Waals surface area (Å²) in [5, 5.41) is 2.71. The molecule has 0 aromatic carbocycles. The lowest BCUT2D eigenvalue weighted by Crippen LogP contribution is -2.39. The van der Waals surface area contributed by atoms with Gasteiger partial charge in [-0.05, 0) is 32.3 Å². The van der Waals surface area contributed by atoms with Gasteiger partial charge in [0.2, 0.25) is 11.8 Å². The molecule has 0 rings (SSSR count). The zero-order chi connectivity index (χ0) is 15.1. The molecular weight excluding hydrogens is 228 g/mol. The highest BCUT2D eigenvalue weighted by molar-refractivity contribution is 5.92. The molecule has 18 heavy (non-hydrogen) atoms. The molecular formula is C14H26N2O2.